The van der Waals surface area contributed by atoms with E-state index < -0.39 is 10.8 Å². The molecule has 1 aliphatic heterocycles. The van der Waals surface area contributed by atoms with E-state index in [0.29, 0.717) is 47.6 Å². The molecule has 7 nitrogen and oxygen atoms in total. The normalized spacial score (nSPS) is 15.2. The molecule has 0 aliphatic carbocycles. The largest absolute Gasteiger partial charge is 0.459 e. The van der Waals surface area contributed by atoms with E-state index in [1.807, 2.05) is 0 Å². The zero-order valence-corrected chi connectivity index (χ0v) is 17.5. The average molecular weight is 447 g/mol. The molecule has 1 saturated heterocycles. The first-order valence-electron chi connectivity index (χ1n) is 9.36. The van der Waals surface area contributed by atoms with Gasteiger partial charge in [-0.2, -0.15) is 0 Å². The number of carbonyl (C=O) groups excluding carboxylic acids is 2. The maximum Gasteiger partial charge on any atom is 0.289 e. The molecule has 0 radical (unpaired) electrons. The monoisotopic (exact) mass is 446 g/mol. The van der Waals surface area contributed by atoms with Crippen molar-refractivity contribution in [2.75, 3.05) is 26.2 Å². The van der Waals surface area contributed by atoms with Gasteiger partial charge in [-0.05, 0) is 48.5 Å². The first-order chi connectivity index (χ1) is 14.5. The van der Waals surface area contributed by atoms with Gasteiger partial charge in [0.05, 0.1) is 22.8 Å². The maximum atomic E-state index is 12.7. The molecular weight excluding hydrogens is 428 g/mol. The Bertz CT molecular complexity index is 1050. The summed E-state index contributed by atoms with van der Waals surface area (Å²) in [5, 5.41) is 0.576. The highest BCUT2D eigenvalue weighted by atomic mass is 35.5. The third kappa shape index (κ3) is 4.49. The van der Waals surface area contributed by atoms with Crippen molar-refractivity contribution in [3.63, 3.8) is 0 Å². The van der Waals surface area contributed by atoms with Gasteiger partial charge in [0, 0.05) is 36.1 Å². The molecule has 0 bridgehead atoms. The second-order valence-electron chi connectivity index (χ2n) is 6.77. The topological polar surface area (TPSA) is 84.0 Å². The molecule has 1 aliphatic rings. The van der Waals surface area contributed by atoms with Crippen molar-refractivity contribution >= 4 is 34.2 Å². The number of halogens is 1. The molecule has 0 saturated carbocycles. The van der Waals surface area contributed by atoms with Crippen LogP contribution in [0.5, 0.6) is 0 Å². The van der Waals surface area contributed by atoms with Gasteiger partial charge in [0.25, 0.3) is 11.8 Å². The van der Waals surface area contributed by atoms with Crippen molar-refractivity contribution in [1.82, 2.24) is 9.80 Å². The zero-order chi connectivity index (χ0) is 21.1. The summed E-state index contributed by atoms with van der Waals surface area (Å²) in [6.45, 7) is 1.63. The van der Waals surface area contributed by atoms with E-state index in [2.05, 4.69) is 0 Å². The summed E-state index contributed by atoms with van der Waals surface area (Å²) in [6, 6.07) is 13.3. The minimum Gasteiger partial charge on any atom is -0.459 e. The summed E-state index contributed by atoms with van der Waals surface area (Å²) >= 11 is 5.85. The maximum absolute atomic E-state index is 12.7. The van der Waals surface area contributed by atoms with Crippen LogP contribution in [0.3, 0.4) is 0 Å². The molecule has 156 valence electrons. The number of carbonyl (C=O) groups is 2. The van der Waals surface area contributed by atoms with Crippen molar-refractivity contribution in [1.29, 1.82) is 0 Å². The highest BCUT2D eigenvalue weighted by molar-refractivity contribution is 7.84. The van der Waals surface area contributed by atoms with E-state index in [9.17, 15) is 13.8 Å². The van der Waals surface area contributed by atoms with E-state index in [1.54, 1.807) is 58.3 Å². The lowest BCUT2D eigenvalue weighted by Crippen LogP contribution is -2.50. The molecule has 1 fully saturated rings. The molecule has 30 heavy (non-hydrogen) atoms. The van der Waals surface area contributed by atoms with Crippen LogP contribution in [0, 0.1) is 0 Å². The summed E-state index contributed by atoms with van der Waals surface area (Å²) < 4.78 is 23.3. The van der Waals surface area contributed by atoms with Gasteiger partial charge >= 0.3 is 0 Å². The lowest BCUT2D eigenvalue weighted by atomic mass is 10.2. The quantitative estimate of drug-likeness (QED) is 0.599. The molecule has 3 aromatic rings. The van der Waals surface area contributed by atoms with E-state index >= 15 is 0 Å². The van der Waals surface area contributed by atoms with Crippen molar-refractivity contribution in [2.24, 2.45) is 0 Å². The van der Waals surface area contributed by atoms with E-state index in [4.69, 9.17) is 20.4 Å². The number of benzene rings is 1. The van der Waals surface area contributed by atoms with Gasteiger partial charge in [0.1, 0.15) is 5.76 Å². The lowest BCUT2D eigenvalue weighted by molar-refractivity contribution is 0.0501. The summed E-state index contributed by atoms with van der Waals surface area (Å²) in [6.07, 6.45) is 1.46. The smallest absolute Gasteiger partial charge is 0.289 e. The second-order valence-corrected chi connectivity index (χ2v) is 8.66. The summed E-state index contributed by atoms with van der Waals surface area (Å²) in [5.74, 6) is 0.697. The minimum absolute atomic E-state index is 0.167. The van der Waals surface area contributed by atoms with Crippen molar-refractivity contribution in [3.05, 3.63) is 77.1 Å². The van der Waals surface area contributed by atoms with Crippen LogP contribution in [0.15, 0.2) is 68.5 Å². The van der Waals surface area contributed by atoms with Gasteiger partial charge in [-0.25, -0.2) is 0 Å². The Morgan fingerprint density at radius 2 is 1.53 bits per heavy atom. The predicted molar refractivity (Wildman–Crippen MR) is 111 cm³/mol. The standard InChI is InChI=1S/C21H19ClN2O5S/c22-15-3-6-17(7-4-15)30(27)14-16-5-8-19(29-16)21(26)24-11-9-23(10-12-24)20(25)18-2-1-13-28-18/h1-8,13H,9-12,14H2/t30-/m1/s1. The first-order valence-corrected chi connectivity index (χ1v) is 11.1. The molecule has 0 N–H and O–H groups in total. The Morgan fingerprint density at radius 3 is 2.13 bits per heavy atom. The Morgan fingerprint density at radius 1 is 0.900 bits per heavy atom. The third-order valence-electron chi connectivity index (χ3n) is 4.81. The van der Waals surface area contributed by atoms with Crippen LogP contribution in [0.4, 0.5) is 0 Å². The lowest BCUT2D eigenvalue weighted by Gasteiger charge is -2.33. The number of rotatable bonds is 5. The number of furan rings is 2. The average Bonchev–Trinajstić information content (AvgIpc) is 3.46. The molecular formula is C21H19ClN2O5S. The molecule has 2 amide bonds. The third-order valence-corrected chi connectivity index (χ3v) is 6.41. The fraction of sp³-hybridized carbons (Fsp3) is 0.238. The number of hydrogen-bond acceptors (Lipinski definition) is 5. The summed E-state index contributed by atoms with van der Waals surface area (Å²) in [5.41, 5.74) is 0. The van der Waals surface area contributed by atoms with Gasteiger partial charge in [-0.1, -0.05) is 11.6 Å². The molecule has 9 heteroatoms. The van der Waals surface area contributed by atoms with E-state index in [-0.39, 0.29) is 23.3 Å². The summed E-state index contributed by atoms with van der Waals surface area (Å²) in [7, 11) is -1.30. The number of nitrogens with zero attached hydrogens (tertiary/aromatic N) is 2. The van der Waals surface area contributed by atoms with Crippen LogP contribution in [0.1, 0.15) is 26.9 Å². The fourth-order valence-corrected chi connectivity index (χ4v) is 4.34. The molecule has 0 unspecified atom stereocenters. The van der Waals surface area contributed by atoms with Gasteiger partial charge < -0.3 is 18.6 Å². The van der Waals surface area contributed by atoms with Crippen molar-refractivity contribution in [3.8, 4) is 0 Å². The zero-order valence-electron chi connectivity index (χ0n) is 16.0. The van der Waals surface area contributed by atoms with Crippen LogP contribution in [-0.4, -0.2) is 52.0 Å². The minimum atomic E-state index is -1.30. The van der Waals surface area contributed by atoms with E-state index in [1.165, 1.54) is 6.26 Å². The van der Waals surface area contributed by atoms with Crippen molar-refractivity contribution in [2.45, 2.75) is 10.6 Å². The number of amides is 2. The van der Waals surface area contributed by atoms with Gasteiger partial charge in [0.15, 0.2) is 11.5 Å². The van der Waals surface area contributed by atoms with E-state index in [0.717, 1.165) is 0 Å². The highest BCUT2D eigenvalue weighted by Gasteiger charge is 2.28. The second kappa shape index (κ2) is 8.89. The Hall–Kier alpha value is -2.84. The SMILES string of the molecule is O=C(c1ccco1)N1CCN(C(=O)c2ccc(C[S@@](=O)c3ccc(Cl)cc3)o2)CC1. The fourth-order valence-electron chi connectivity index (χ4n) is 3.19. The van der Waals surface area contributed by atoms with Crippen LogP contribution in [0.25, 0.3) is 0 Å². The van der Waals surface area contributed by atoms with Crippen LogP contribution >= 0.6 is 11.6 Å². The Kier molecular flexibility index (Phi) is 6.06. The van der Waals surface area contributed by atoms with Crippen LogP contribution in [0.2, 0.25) is 5.02 Å². The van der Waals surface area contributed by atoms with Crippen LogP contribution in [-0.2, 0) is 16.6 Å². The number of hydrogen-bond donors (Lipinski definition) is 0. The first kappa shape index (κ1) is 20.4. The Labute approximate surface area is 180 Å². The molecule has 2 aromatic heterocycles. The predicted octanol–water partition coefficient (Wildman–Crippen LogP) is 3.43. The number of piperazine rings is 1. The molecule has 0 spiro atoms. The van der Waals surface area contributed by atoms with Crippen LogP contribution < -0.4 is 0 Å². The summed E-state index contributed by atoms with van der Waals surface area (Å²) in [4.78, 5) is 29.0. The van der Waals surface area contributed by atoms with Gasteiger partial charge in [0.2, 0.25) is 0 Å². The Balaban J connectivity index is 1.33. The van der Waals surface area contributed by atoms with Crippen molar-refractivity contribution < 1.29 is 22.6 Å². The highest BCUT2D eigenvalue weighted by Crippen LogP contribution is 2.19. The molecule has 3 heterocycles. The van der Waals surface area contributed by atoms with Gasteiger partial charge in [-0.15, -0.1) is 0 Å². The molecule has 1 atom stereocenters. The van der Waals surface area contributed by atoms with Gasteiger partial charge in [-0.3, -0.25) is 13.8 Å². The molecule has 1 aromatic carbocycles. The molecule has 4 rings (SSSR count).